The SMILES string of the molecule is Cc1cc(C)cc(-n2nnnc2SCC(=O)N(C)Cc2cccc(Cl)c2)c1. The second kappa shape index (κ2) is 8.54. The lowest BCUT2D eigenvalue weighted by Gasteiger charge is -2.17. The Hall–Kier alpha value is -2.38. The van der Waals surface area contributed by atoms with E-state index < -0.39 is 0 Å². The van der Waals surface area contributed by atoms with Gasteiger partial charge in [0.25, 0.3) is 0 Å². The highest BCUT2D eigenvalue weighted by atomic mass is 35.5. The van der Waals surface area contributed by atoms with Crippen molar-refractivity contribution >= 4 is 29.3 Å². The van der Waals surface area contributed by atoms with Crippen molar-refractivity contribution in [2.24, 2.45) is 0 Å². The Morgan fingerprint density at radius 2 is 1.93 bits per heavy atom. The number of hydrogen-bond acceptors (Lipinski definition) is 5. The molecular formula is C19H20ClN5OS. The molecule has 0 N–H and O–H groups in total. The van der Waals surface area contributed by atoms with Crippen LogP contribution in [0.1, 0.15) is 16.7 Å². The lowest BCUT2D eigenvalue weighted by atomic mass is 10.1. The zero-order chi connectivity index (χ0) is 19.4. The first-order valence-corrected chi connectivity index (χ1v) is 9.77. The number of carbonyl (C=O) groups excluding carboxylic acids is 1. The van der Waals surface area contributed by atoms with E-state index in [-0.39, 0.29) is 11.7 Å². The van der Waals surface area contributed by atoms with Crippen molar-refractivity contribution in [2.75, 3.05) is 12.8 Å². The first-order valence-electron chi connectivity index (χ1n) is 8.40. The van der Waals surface area contributed by atoms with Gasteiger partial charge in [0.2, 0.25) is 11.1 Å². The quantitative estimate of drug-likeness (QED) is 0.589. The van der Waals surface area contributed by atoms with Crippen LogP contribution < -0.4 is 0 Å². The van der Waals surface area contributed by atoms with Crippen LogP contribution in [0.3, 0.4) is 0 Å². The van der Waals surface area contributed by atoms with Crippen molar-refractivity contribution < 1.29 is 4.79 Å². The molecule has 1 aromatic heterocycles. The molecule has 3 rings (SSSR count). The molecule has 0 saturated carbocycles. The Morgan fingerprint density at radius 3 is 2.63 bits per heavy atom. The molecule has 0 saturated heterocycles. The second-order valence-corrected chi connectivity index (χ2v) is 7.77. The second-order valence-electron chi connectivity index (χ2n) is 6.39. The predicted octanol–water partition coefficient (Wildman–Crippen LogP) is 3.68. The number of nitrogens with zero attached hydrogens (tertiary/aromatic N) is 5. The molecule has 0 aliphatic rings. The van der Waals surface area contributed by atoms with Gasteiger partial charge in [-0.05, 0) is 65.2 Å². The first kappa shape index (κ1) is 19.4. The summed E-state index contributed by atoms with van der Waals surface area (Å²) in [5, 5.41) is 13.1. The molecule has 0 fully saturated rings. The maximum absolute atomic E-state index is 12.5. The number of carbonyl (C=O) groups is 1. The average Bonchev–Trinajstić information content (AvgIpc) is 3.07. The highest BCUT2D eigenvalue weighted by Crippen LogP contribution is 2.21. The van der Waals surface area contributed by atoms with Gasteiger partial charge in [0, 0.05) is 18.6 Å². The van der Waals surface area contributed by atoms with Crippen molar-refractivity contribution in [2.45, 2.75) is 25.5 Å². The number of aromatic nitrogens is 4. The molecule has 2 aromatic carbocycles. The van der Waals surface area contributed by atoms with E-state index in [0.29, 0.717) is 16.7 Å². The van der Waals surface area contributed by atoms with Crippen LogP contribution in [0.4, 0.5) is 0 Å². The van der Waals surface area contributed by atoms with E-state index in [1.165, 1.54) is 11.8 Å². The van der Waals surface area contributed by atoms with E-state index in [2.05, 4.69) is 21.6 Å². The van der Waals surface area contributed by atoms with E-state index in [9.17, 15) is 4.79 Å². The number of hydrogen-bond donors (Lipinski definition) is 0. The highest BCUT2D eigenvalue weighted by Gasteiger charge is 2.15. The van der Waals surface area contributed by atoms with Crippen LogP contribution in [0, 0.1) is 13.8 Å². The minimum atomic E-state index is -0.00468. The zero-order valence-corrected chi connectivity index (χ0v) is 17.0. The molecule has 6 nitrogen and oxygen atoms in total. The van der Waals surface area contributed by atoms with E-state index in [1.807, 2.05) is 50.2 Å². The van der Waals surface area contributed by atoms with Crippen molar-refractivity contribution in [3.05, 3.63) is 64.2 Å². The third kappa shape index (κ3) is 5.08. The molecule has 0 unspecified atom stereocenters. The monoisotopic (exact) mass is 401 g/mol. The van der Waals surface area contributed by atoms with Gasteiger partial charge in [-0.3, -0.25) is 4.79 Å². The van der Waals surface area contributed by atoms with Gasteiger partial charge in [0.15, 0.2) is 0 Å². The molecular weight excluding hydrogens is 382 g/mol. The average molecular weight is 402 g/mol. The van der Waals surface area contributed by atoms with Gasteiger partial charge in [-0.15, -0.1) is 5.10 Å². The molecule has 0 aliphatic carbocycles. The third-order valence-corrected chi connectivity index (χ3v) is 5.09. The Bertz CT molecular complexity index is 939. The summed E-state index contributed by atoms with van der Waals surface area (Å²) in [7, 11) is 1.77. The van der Waals surface area contributed by atoms with Gasteiger partial charge in [0.05, 0.1) is 11.4 Å². The van der Waals surface area contributed by atoms with Crippen LogP contribution in [0.15, 0.2) is 47.6 Å². The number of tetrazole rings is 1. The maximum Gasteiger partial charge on any atom is 0.233 e. The summed E-state index contributed by atoms with van der Waals surface area (Å²) in [6.45, 7) is 4.56. The zero-order valence-electron chi connectivity index (χ0n) is 15.4. The van der Waals surface area contributed by atoms with Crippen LogP contribution in [-0.4, -0.2) is 43.8 Å². The molecule has 140 valence electrons. The van der Waals surface area contributed by atoms with Crippen molar-refractivity contribution in [3.63, 3.8) is 0 Å². The van der Waals surface area contributed by atoms with Crippen molar-refractivity contribution in [1.82, 2.24) is 25.1 Å². The van der Waals surface area contributed by atoms with Gasteiger partial charge < -0.3 is 4.90 Å². The fourth-order valence-corrected chi connectivity index (χ4v) is 3.78. The van der Waals surface area contributed by atoms with Crippen LogP contribution in [0.5, 0.6) is 0 Å². The molecule has 3 aromatic rings. The summed E-state index contributed by atoms with van der Waals surface area (Å²) >= 11 is 7.32. The van der Waals surface area contributed by atoms with Gasteiger partial charge >= 0.3 is 0 Å². The molecule has 0 aliphatic heterocycles. The van der Waals surface area contributed by atoms with E-state index in [4.69, 9.17) is 11.6 Å². The Morgan fingerprint density at radius 1 is 1.19 bits per heavy atom. The summed E-state index contributed by atoms with van der Waals surface area (Å²) in [4.78, 5) is 14.1. The van der Waals surface area contributed by atoms with Gasteiger partial charge in [-0.2, -0.15) is 4.68 Å². The summed E-state index contributed by atoms with van der Waals surface area (Å²) in [6.07, 6.45) is 0. The third-order valence-electron chi connectivity index (χ3n) is 3.95. The molecule has 1 heterocycles. The predicted molar refractivity (Wildman–Crippen MR) is 107 cm³/mol. The topological polar surface area (TPSA) is 63.9 Å². The Kier molecular flexibility index (Phi) is 6.13. The molecule has 0 atom stereocenters. The summed E-state index contributed by atoms with van der Waals surface area (Å²) < 4.78 is 1.66. The molecule has 8 heteroatoms. The normalized spacial score (nSPS) is 10.8. The highest BCUT2D eigenvalue weighted by molar-refractivity contribution is 7.99. The van der Waals surface area contributed by atoms with Gasteiger partial charge in [-0.1, -0.05) is 41.6 Å². The molecule has 27 heavy (non-hydrogen) atoms. The minimum Gasteiger partial charge on any atom is -0.341 e. The van der Waals surface area contributed by atoms with E-state index in [0.717, 1.165) is 22.4 Å². The molecule has 0 bridgehead atoms. The lowest BCUT2D eigenvalue weighted by molar-refractivity contribution is -0.127. The summed E-state index contributed by atoms with van der Waals surface area (Å²) in [5.41, 5.74) is 4.14. The van der Waals surface area contributed by atoms with Crippen molar-refractivity contribution in [1.29, 1.82) is 0 Å². The lowest BCUT2D eigenvalue weighted by Crippen LogP contribution is -2.27. The standard InChI is InChI=1S/C19H20ClN5OS/c1-13-7-14(2)9-17(8-13)25-19(21-22-23-25)27-12-18(26)24(3)11-15-5-4-6-16(20)10-15/h4-10H,11-12H2,1-3H3. The number of aryl methyl sites for hydroxylation is 2. The first-order chi connectivity index (χ1) is 12.9. The molecule has 0 spiro atoms. The summed E-state index contributed by atoms with van der Waals surface area (Å²) in [5.74, 6) is 0.248. The van der Waals surface area contributed by atoms with Gasteiger partial charge in [0.1, 0.15) is 0 Å². The maximum atomic E-state index is 12.5. The number of amides is 1. The smallest absolute Gasteiger partial charge is 0.233 e. The summed E-state index contributed by atoms with van der Waals surface area (Å²) in [6, 6.07) is 13.6. The number of thioether (sulfide) groups is 1. The van der Waals surface area contributed by atoms with Crippen LogP contribution in [0.25, 0.3) is 5.69 Å². The fourth-order valence-electron chi connectivity index (χ4n) is 2.74. The van der Waals surface area contributed by atoms with Crippen molar-refractivity contribution in [3.8, 4) is 5.69 Å². The molecule has 0 radical (unpaired) electrons. The number of halogens is 1. The minimum absolute atomic E-state index is 0.00468. The number of rotatable bonds is 6. The Labute approximate surface area is 167 Å². The van der Waals surface area contributed by atoms with Crippen LogP contribution >= 0.6 is 23.4 Å². The fraction of sp³-hybridized carbons (Fsp3) is 0.263. The van der Waals surface area contributed by atoms with Gasteiger partial charge in [-0.25, -0.2) is 0 Å². The van der Waals surface area contributed by atoms with Crippen LogP contribution in [0.2, 0.25) is 5.02 Å². The van der Waals surface area contributed by atoms with Crippen LogP contribution in [-0.2, 0) is 11.3 Å². The largest absolute Gasteiger partial charge is 0.341 e. The number of benzene rings is 2. The Balaban J connectivity index is 1.65. The van der Waals surface area contributed by atoms with E-state index in [1.54, 1.807) is 16.6 Å². The molecule has 1 amide bonds. The van der Waals surface area contributed by atoms with E-state index >= 15 is 0 Å².